The van der Waals surface area contributed by atoms with Gasteiger partial charge in [-0.25, -0.2) is 0 Å². The van der Waals surface area contributed by atoms with Gasteiger partial charge >= 0.3 is 0 Å². The van der Waals surface area contributed by atoms with Crippen molar-refractivity contribution in [3.63, 3.8) is 0 Å². The van der Waals surface area contributed by atoms with Gasteiger partial charge in [0.05, 0.1) is 23.4 Å². The molecule has 0 aliphatic rings. The van der Waals surface area contributed by atoms with Gasteiger partial charge in [0.25, 0.3) is 5.91 Å². The van der Waals surface area contributed by atoms with Gasteiger partial charge in [0.15, 0.2) is 5.15 Å². The molecule has 0 spiro atoms. The number of nitrogen functional groups attached to an aromatic ring is 1. The third kappa shape index (κ3) is 3.50. The maximum atomic E-state index is 12.4. The van der Waals surface area contributed by atoms with Crippen molar-refractivity contribution in [2.75, 3.05) is 11.1 Å². The number of para-hydroxylation sites is 3. The zero-order valence-electron chi connectivity index (χ0n) is 14.4. The summed E-state index contributed by atoms with van der Waals surface area (Å²) in [5, 5.41) is 8.64. The minimum Gasteiger partial charge on any atom is -0.397 e. The molecular weight excluding hydrogens is 360 g/mol. The molecule has 6 heteroatoms. The van der Waals surface area contributed by atoms with Crippen LogP contribution in [-0.4, -0.2) is 15.7 Å². The van der Waals surface area contributed by atoms with Crippen LogP contribution < -0.4 is 11.1 Å². The first-order valence-electron chi connectivity index (χ1n) is 8.47. The number of fused-ring (bicyclic) bond motifs is 1. The highest BCUT2D eigenvalue weighted by molar-refractivity contribution is 6.34. The maximum absolute atomic E-state index is 12.4. The molecule has 1 amide bonds. The summed E-state index contributed by atoms with van der Waals surface area (Å²) in [5.41, 5.74) is 9.56. The lowest BCUT2D eigenvalue weighted by Crippen LogP contribution is -2.13. The normalized spacial score (nSPS) is 10.9. The monoisotopic (exact) mass is 376 g/mol. The first-order valence-corrected chi connectivity index (χ1v) is 8.85. The number of nitrogens with two attached hydrogens (primary N) is 1. The van der Waals surface area contributed by atoms with E-state index in [2.05, 4.69) is 10.4 Å². The van der Waals surface area contributed by atoms with Crippen LogP contribution in [0.15, 0.2) is 72.8 Å². The third-order valence-electron chi connectivity index (χ3n) is 4.37. The highest BCUT2D eigenvalue weighted by Crippen LogP contribution is 2.23. The molecule has 134 valence electrons. The van der Waals surface area contributed by atoms with Crippen LogP contribution in [0.1, 0.15) is 15.9 Å². The molecule has 0 aliphatic heterocycles. The summed E-state index contributed by atoms with van der Waals surface area (Å²) < 4.78 is 1.86. The minimum atomic E-state index is -0.202. The van der Waals surface area contributed by atoms with Gasteiger partial charge in [0.1, 0.15) is 0 Å². The molecule has 0 saturated heterocycles. The second-order valence-corrected chi connectivity index (χ2v) is 6.56. The molecule has 1 aromatic heterocycles. The summed E-state index contributed by atoms with van der Waals surface area (Å²) in [5.74, 6) is -0.202. The van der Waals surface area contributed by atoms with Gasteiger partial charge in [-0.2, -0.15) is 5.10 Å². The fourth-order valence-electron chi connectivity index (χ4n) is 2.95. The van der Waals surface area contributed by atoms with E-state index in [9.17, 15) is 4.79 Å². The first-order chi connectivity index (χ1) is 13.1. The van der Waals surface area contributed by atoms with Gasteiger partial charge in [-0.1, -0.05) is 48.0 Å². The molecule has 0 bridgehead atoms. The van der Waals surface area contributed by atoms with Gasteiger partial charge in [-0.3, -0.25) is 9.48 Å². The molecule has 0 unspecified atom stereocenters. The molecule has 0 saturated carbocycles. The number of aromatic nitrogens is 2. The summed E-state index contributed by atoms with van der Waals surface area (Å²) in [7, 11) is 0. The lowest BCUT2D eigenvalue weighted by molar-refractivity contribution is 0.102. The standard InChI is InChI=1S/C21H17ClN4O/c22-20-16-5-1-4-8-19(16)26(25-20)13-14-9-11-15(12-10-14)21(27)24-18-7-3-2-6-17(18)23/h1-12H,13,23H2,(H,24,27). The van der Waals surface area contributed by atoms with E-state index in [1.165, 1.54) is 0 Å². The van der Waals surface area contributed by atoms with E-state index in [4.69, 9.17) is 17.3 Å². The number of halogens is 1. The third-order valence-corrected chi connectivity index (χ3v) is 4.65. The topological polar surface area (TPSA) is 72.9 Å². The van der Waals surface area contributed by atoms with Crippen LogP contribution >= 0.6 is 11.6 Å². The Hall–Kier alpha value is -3.31. The molecule has 4 aromatic rings. The Kier molecular flexibility index (Phi) is 4.52. The number of amides is 1. The summed E-state index contributed by atoms with van der Waals surface area (Å²) in [4.78, 5) is 12.4. The Bertz CT molecular complexity index is 1120. The second kappa shape index (κ2) is 7.13. The van der Waals surface area contributed by atoms with Crippen LogP contribution in [-0.2, 0) is 6.54 Å². The lowest BCUT2D eigenvalue weighted by Gasteiger charge is -2.09. The van der Waals surface area contributed by atoms with Crippen molar-refractivity contribution in [1.29, 1.82) is 0 Å². The van der Waals surface area contributed by atoms with Crippen molar-refractivity contribution in [1.82, 2.24) is 9.78 Å². The van der Waals surface area contributed by atoms with Crippen molar-refractivity contribution in [2.24, 2.45) is 0 Å². The molecule has 3 N–H and O–H groups in total. The van der Waals surface area contributed by atoms with Gasteiger partial charge < -0.3 is 11.1 Å². The van der Waals surface area contributed by atoms with E-state index in [1.54, 1.807) is 24.3 Å². The number of hydrogen-bond donors (Lipinski definition) is 2. The number of carbonyl (C=O) groups excluding carboxylic acids is 1. The SMILES string of the molecule is Nc1ccccc1NC(=O)c1ccc(Cn2nc(Cl)c3ccccc32)cc1. The first kappa shape index (κ1) is 17.1. The predicted octanol–water partition coefficient (Wildman–Crippen LogP) is 4.57. The van der Waals surface area contributed by atoms with Crippen LogP contribution in [0.3, 0.4) is 0 Å². The highest BCUT2D eigenvalue weighted by atomic mass is 35.5. The largest absolute Gasteiger partial charge is 0.397 e. The Labute approximate surface area is 161 Å². The van der Waals surface area contributed by atoms with Gasteiger partial charge in [0.2, 0.25) is 0 Å². The van der Waals surface area contributed by atoms with Crippen LogP contribution in [0.2, 0.25) is 5.15 Å². The zero-order chi connectivity index (χ0) is 18.8. The summed E-state index contributed by atoms with van der Waals surface area (Å²) in [6, 6.07) is 22.4. The maximum Gasteiger partial charge on any atom is 0.255 e. The van der Waals surface area contributed by atoms with E-state index >= 15 is 0 Å². The molecule has 0 atom stereocenters. The van der Waals surface area contributed by atoms with Crippen molar-refractivity contribution in [3.05, 3.63) is 89.1 Å². The van der Waals surface area contributed by atoms with E-state index < -0.39 is 0 Å². The fraction of sp³-hybridized carbons (Fsp3) is 0.0476. The Morgan fingerprint density at radius 3 is 2.48 bits per heavy atom. The molecule has 0 radical (unpaired) electrons. The number of rotatable bonds is 4. The van der Waals surface area contributed by atoms with Gasteiger partial charge in [-0.05, 0) is 42.0 Å². The number of benzene rings is 3. The van der Waals surface area contributed by atoms with Crippen LogP contribution in [0.25, 0.3) is 10.9 Å². The summed E-state index contributed by atoms with van der Waals surface area (Å²) in [6.07, 6.45) is 0. The van der Waals surface area contributed by atoms with Crippen molar-refractivity contribution >= 4 is 39.8 Å². The number of hydrogen-bond acceptors (Lipinski definition) is 3. The van der Waals surface area contributed by atoms with Crippen LogP contribution in [0, 0.1) is 0 Å². The van der Waals surface area contributed by atoms with E-state index in [0.29, 0.717) is 28.6 Å². The average molecular weight is 377 g/mol. The smallest absolute Gasteiger partial charge is 0.255 e. The van der Waals surface area contributed by atoms with Crippen LogP contribution in [0.5, 0.6) is 0 Å². The number of anilines is 2. The van der Waals surface area contributed by atoms with Crippen LogP contribution in [0.4, 0.5) is 11.4 Å². The van der Waals surface area contributed by atoms with E-state index in [-0.39, 0.29) is 5.91 Å². The average Bonchev–Trinajstić information content (AvgIpc) is 3.00. The molecule has 5 nitrogen and oxygen atoms in total. The summed E-state index contributed by atoms with van der Waals surface area (Å²) in [6.45, 7) is 0.570. The molecule has 27 heavy (non-hydrogen) atoms. The number of nitrogens with zero attached hydrogens (tertiary/aromatic N) is 2. The molecule has 3 aromatic carbocycles. The van der Waals surface area contributed by atoms with Crippen molar-refractivity contribution in [2.45, 2.75) is 6.54 Å². The van der Waals surface area contributed by atoms with E-state index in [1.807, 2.05) is 53.2 Å². The van der Waals surface area contributed by atoms with E-state index in [0.717, 1.165) is 16.5 Å². The molecule has 0 aliphatic carbocycles. The quantitative estimate of drug-likeness (QED) is 0.512. The highest BCUT2D eigenvalue weighted by Gasteiger charge is 2.10. The zero-order valence-corrected chi connectivity index (χ0v) is 15.1. The molecule has 4 rings (SSSR count). The van der Waals surface area contributed by atoms with Gasteiger partial charge in [0, 0.05) is 10.9 Å². The van der Waals surface area contributed by atoms with Crippen molar-refractivity contribution < 1.29 is 4.79 Å². The fourth-order valence-corrected chi connectivity index (χ4v) is 3.20. The minimum absolute atomic E-state index is 0.202. The van der Waals surface area contributed by atoms with Gasteiger partial charge in [-0.15, -0.1) is 0 Å². The Balaban J connectivity index is 1.52. The second-order valence-electron chi connectivity index (χ2n) is 6.20. The predicted molar refractivity (Wildman–Crippen MR) is 109 cm³/mol. The molecular formula is C21H17ClN4O. The van der Waals surface area contributed by atoms with Crippen molar-refractivity contribution in [3.8, 4) is 0 Å². The lowest BCUT2D eigenvalue weighted by atomic mass is 10.1. The Morgan fingerprint density at radius 1 is 1.00 bits per heavy atom. The molecule has 0 fully saturated rings. The summed E-state index contributed by atoms with van der Waals surface area (Å²) >= 11 is 6.21. The molecule has 1 heterocycles. The number of carbonyl (C=O) groups is 1. The Morgan fingerprint density at radius 2 is 1.70 bits per heavy atom. The number of nitrogens with one attached hydrogen (secondary N) is 1.